The van der Waals surface area contributed by atoms with Crippen LogP contribution in [-0.2, 0) is 0 Å². The third-order valence-electron chi connectivity index (χ3n) is 4.87. The number of hydrogen-bond acceptors (Lipinski definition) is 2. The van der Waals surface area contributed by atoms with E-state index in [9.17, 15) is 8.78 Å². The zero-order chi connectivity index (χ0) is 12.8. The average Bonchev–Trinajstić information content (AvgIpc) is 2.78. The summed E-state index contributed by atoms with van der Waals surface area (Å²) in [4.78, 5) is 2.53. The molecular formula is C13H21F2IN2. The Morgan fingerprint density at radius 3 is 2.11 bits per heavy atom. The average molecular weight is 370 g/mol. The summed E-state index contributed by atoms with van der Waals surface area (Å²) < 4.78 is 28.6. The predicted octanol–water partition coefficient (Wildman–Crippen LogP) is 3.03. The highest BCUT2D eigenvalue weighted by atomic mass is 127. The van der Waals surface area contributed by atoms with E-state index in [4.69, 9.17) is 0 Å². The minimum atomic E-state index is -2.38. The lowest BCUT2D eigenvalue weighted by Crippen LogP contribution is -2.34. The van der Waals surface area contributed by atoms with Crippen LogP contribution in [0.3, 0.4) is 0 Å². The fourth-order valence-electron chi connectivity index (χ4n) is 3.83. The van der Waals surface area contributed by atoms with Crippen molar-refractivity contribution in [2.75, 3.05) is 32.7 Å². The van der Waals surface area contributed by atoms with E-state index in [-0.39, 0.29) is 12.8 Å². The molecule has 0 aromatic rings. The van der Waals surface area contributed by atoms with Crippen LogP contribution in [0.4, 0.5) is 8.78 Å². The van der Waals surface area contributed by atoms with E-state index in [2.05, 4.69) is 30.9 Å². The second kappa shape index (κ2) is 5.13. The minimum Gasteiger partial charge on any atom is -0.302 e. The normalized spacial score (nSPS) is 38.2. The van der Waals surface area contributed by atoms with Crippen molar-refractivity contribution < 1.29 is 8.78 Å². The SMILES string of the molecule is FC1(F)CCC(CN2C[C@H]3CN(I)C[C@H]3C2)CC1. The highest BCUT2D eigenvalue weighted by molar-refractivity contribution is 14.1. The van der Waals surface area contributed by atoms with Crippen molar-refractivity contribution in [2.45, 2.75) is 31.6 Å². The van der Waals surface area contributed by atoms with Crippen molar-refractivity contribution in [3.05, 3.63) is 0 Å². The van der Waals surface area contributed by atoms with Crippen LogP contribution >= 0.6 is 22.9 Å². The van der Waals surface area contributed by atoms with Crippen LogP contribution in [0, 0.1) is 17.8 Å². The molecule has 1 saturated carbocycles. The molecular weight excluding hydrogens is 349 g/mol. The van der Waals surface area contributed by atoms with Gasteiger partial charge in [0.2, 0.25) is 5.92 Å². The molecule has 0 N–H and O–H groups in total. The third-order valence-corrected chi connectivity index (χ3v) is 5.66. The monoisotopic (exact) mass is 370 g/mol. The van der Waals surface area contributed by atoms with Gasteiger partial charge in [0.05, 0.1) is 0 Å². The Morgan fingerprint density at radius 1 is 1.00 bits per heavy atom. The van der Waals surface area contributed by atoms with Crippen LogP contribution in [-0.4, -0.2) is 46.7 Å². The topological polar surface area (TPSA) is 6.48 Å². The molecule has 0 amide bonds. The maximum Gasteiger partial charge on any atom is 0.248 e. The number of nitrogens with zero attached hydrogens (tertiary/aromatic N) is 2. The van der Waals surface area contributed by atoms with E-state index in [1.165, 1.54) is 26.2 Å². The van der Waals surface area contributed by atoms with Crippen LogP contribution in [0.25, 0.3) is 0 Å². The van der Waals surface area contributed by atoms with Gasteiger partial charge in [-0.25, -0.2) is 11.9 Å². The Hall–Kier alpha value is 0.510. The Bertz CT molecular complexity index is 289. The van der Waals surface area contributed by atoms with Crippen molar-refractivity contribution in [3.8, 4) is 0 Å². The van der Waals surface area contributed by atoms with E-state index >= 15 is 0 Å². The fourth-order valence-corrected chi connectivity index (χ4v) is 4.84. The van der Waals surface area contributed by atoms with Crippen LogP contribution in [0.5, 0.6) is 0 Å². The lowest BCUT2D eigenvalue weighted by atomic mass is 9.86. The van der Waals surface area contributed by atoms with Gasteiger partial charge in [-0.05, 0) is 30.6 Å². The molecule has 3 aliphatic rings. The molecule has 2 atom stereocenters. The molecule has 2 aliphatic heterocycles. The summed E-state index contributed by atoms with van der Waals surface area (Å²) in [6.45, 7) is 5.87. The standard InChI is InChI=1S/C13H21F2IN2/c14-13(15)3-1-10(2-4-13)5-17-6-11-8-18(16)9-12(11)7-17/h10-12H,1-9H2/t11-,12+. The van der Waals surface area contributed by atoms with E-state index in [1.54, 1.807) is 0 Å². The zero-order valence-corrected chi connectivity index (χ0v) is 12.8. The number of rotatable bonds is 2. The van der Waals surface area contributed by atoms with Crippen molar-refractivity contribution in [1.29, 1.82) is 0 Å². The first kappa shape index (κ1) is 13.5. The molecule has 0 unspecified atom stereocenters. The second-order valence-corrected chi connectivity index (χ2v) is 7.73. The molecule has 0 aromatic carbocycles. The van der Waals surface area contributed by atoms with Crippen molar-refractivity contribution in [1.82, 2.24) is 8.01 Å². The van der Waals surface area contributed by atoms with Crippen molar-refractivity contribution in [3.63, 3.8) is 0 Å². The minimum absolute atomic E-state index is 0.111. The lowest BCUT2D eigenvalue weighted by molar-refractivity contribution is -0.0484. The Morgan fingerprint density at radius 2 is 1.56 bits per heavy atom. The first-order valence-electron chi connectivity index (χ1n) is 7.03. The van der Waals surface area contributed by atoms with E-state index < -0.39 is 5.92 Å². The van der Waals surface area contributed by atoms with E-state index in [0.29, 0.717) is 5.92 Å². The number of alkyl halides is 2. The summed E-state index contributed by atoms with van der Waals surface area (Å²) in [5, 5.41) is 0. The fraction of sp³-hybridized carbons (Fsp3) is 1.00. The van der Waals surface area contributed by atoms with Gasteiger partial charge >= 0.3 is 0 Å². The molecule has 18 heavy (non-hydrogen) atoms. The highest BCUT2D eigenvalue weighted by Crippen LogP contribution is 2.38. The van der Waals surface area contributed by atoms with Gasteiger partial charge in [-0.15, -0.1) is 0 Å². The van der Waals surface area contributed by atoms with Gasteiger partial charge in [0, 0.05) is 68.4 Å². The number of fused-ring (bicyclic) bond motifs is 1. The number of halogens is 3. The molecule has 3 fully saturated rings. The molecule has 2 nitrogen and oxygen atoms in total. The number of hydrogen-bond donors (Lipinski definition) is 0. The molecule has 0 bridgehead atoms. The van der Waals surface area contributed by atoms with E-state index in [1.807, 2.05) is 0 Å². The van der Waals surface area contributed by atoms with Crippen molar-refractivity contribution >= 4 is 22.9 Å². The van der Waals surface area contributed by atoms with Gasteiger partial charge in [0.25, 0.3) is 0 Å². The Kier molecular flexibility index (Phi) is 3.84. The molecule has 5 heteroatoms. The molecule has 0 aromatic heterocycles. The van der Waals surface area contributed by atoms with Crippen LogP contribution in [0.2, 0.25) is 0 Å². The number of likely N-dealkylation sites (tertiary alicyclic amines) is 1. The second-order valence-electron chi connectivity index (χ2n) is 6.37. The summed E-state index contributed by atoms with van der Waals surface area (Å²) >= 11 is 2.42. The smallest absolute Gasteiger partial charge is 0.248 e. The van der Waals surface area contributed by atoms with E-state index in [0.717, 1.165) is 31.2 Å². The van der Waals surface area contributed by atoms with Crippen molar-refractivity contribution in [2.24, 2.45) is 17.8 Å². The summed E-state index contributed by atoms with van der Waals surface area (Å²) in [5.41, 5.74) is 0. The maximum atomic E-state index is 13.1. The van der Waals surface area contributed by atoms with Gasteiger partial charge in [-0.2, -0.15) is 0 Å². The summed E-state index contributed by atoms with van der Waals surface area (Å²) in [5.74, 6) is -0.210. The predicted molar refractivity (Wildman–Crippen MR) is 75.9 cm³/mol. The molecule has 2 saturated heterocycles. The first-order chi connectivity index (χ1) is 8.52. The molecule has 2 heterocycles. The molecule has 3 rings (SSSR count). The maximum absolute atomic E-state index is 13.1. The molecule has 104 valence electrons. The Balaban J connectivity index is 1.45. The first-order valence-corrected chi connectivity index (χ1v) is 7.99. The van der Waals surface area contributed by atoms with Crippen LogP contribution in [0.15, 0.2) is 0 Å². The largest absolute Gasteiger partial charge is 0.302 e. The summed E-state index contributed by atoms with van der Waals surface area (Å²) in [7, 11) is 0. The third kappa shape index (κ3) is 2.98. The lowest BCUT2D eigenvalue weighted by Gasteiger charge is -2.31. The summed E-state index contributed by atoms with van der Waals surface area (Å²) in [6, 6.07) is 0. The van der Waals surface area contributed by atoms with Gasteiger partial charge < -0.3 is 4.90 Å². The van der Waals surface area contributed by atoms with Gasteiger partial charge in [0.15, 0.2) is 0 Å². The van der Waals surface area contributed by atoms with Crippen LogP contribution < -0.4 is 0 Å². The summed E-state index contributed by atoms with van der Waals surface area (Å²) in [6.07, 6.45) is 1.66. The molecule has 0 radical (unpaired) electrons. The molecule has 0 spiro atoms. The quantitative estimate of drug-likeness (QED) is 0.545. The Labute approximate surface area is 122 Å². The van der Waals surface area contributed by atoms with Gasteiger partial charge in [-0.1, -0.05) is 0 Å². The zero-order valence-electron chi connectivity index (χ0n) is 10.6. The van der Waals surface area contributed by atoms with Crippen LogP contribution in [0.1, 0.15) is 25.7 Å². The van der Waals surface area contributed by atoms with Gasteiger partial charge in [0.1, 0.15) is 0 Å². The molecule has 1 aliphatic carbocycles. The highest BCUT2D eigenvalue weighted by Gasteiger charge is 2.41. The van der Waals surface area contributed by atoms with Gasteiger partial charge in [-0.3, -0.25) is 0 Å².